The van der Waals surface area contributed by atoms with Gasteiger partial charge >= 0.3 is 0 Å². The lowest BCUT2D eigenvalue weighted by atomic mass is 10.0. The molecular formula is C19H18INO2S. The van der Waals surface area contributed by atoms with Crippen molar-refractivity contribution in [3.05, 3.63) is 64.5 Å². The highest BCUT2D eigenvalue weighted by Crippen LogP contribution is 2.35. The Morgan fingerprint density at radius 3 is 2.71 bits per heavy atom. The van der Waals surface area contributed by atoms with E-state index in [4.69, 9.17) is 4.74 Å². The molecule has 0 radical (unpaired) electrons. The van der Waals surface area contributed by atoms with Gasteiger partial charge in [0.25, 0.3) is 3.91 Å². The van der Waals surface area contributed by atoms with Gasteiger partial charge in [-0.3, -0.25) is 4.79 Å². The molecular weight excluding hydrogens is 433 g/mol. The molecule has 2 aromatic carbocycles. The normalized spacial score (nSPS) is 10.8. The second-order valence-electron chi connectivity index (χ2n) is 5.48. The van der Waals surface area contributed by atoms with Gasteiger partial charge in [-0.1, -0.05) is 30.3 Å². The zero-order valence-electron chi connectivity index (χ0n) is 13.3. The summed E-state index contributed by atoms with van der Waals surface area (Å²) in [4.78, 5) is 12.5. The van der Waals surface area contributed by atoms with Crippen molar-refractivity contribution >= 4 is 47.9 Å². The van der Waals surface area contributed by atoms with Crippen LogP contribution in [0, 0.1) is 0 Å². The molecule has 5 heteroatoms. The Kier molecular flexibility index (Phi) is 5.73. The average Bonchev–Trinajstić information content (AvgIpc) is 2.92. The van der Waals surface area contributed by atoms with Gasteiger partial charge in [0.05, 0.1) is 7.11 Å². The molecule has 0 saturated heterocycles. The van der Waals surface area contributed by atoms with Crippen LogP contribution in [0.3, 0.4) is 0 Å². The van der Waals surface area contributed by atoms with Crippen LogP contribution < -0.4 is 10.1 Å². The Hall–Kier alpha value is -1.60. The van der Waals surface area contributed by atoms with E-state index in [9.17, 15) is 4.79 Å². The first-order valence-electron chi connectivity index (χ1n) is 7.73. The lowest BCUT2D eigenvalue weighted by Crippen LogP contribution is -2.19. The number of ether oxygens (including phenoxy) is 1. The molecule has 1 aromatic heterocycles. The van der Waals surface area contributed by atoms with Gasteiger partial charge in [-0.15, -0.1) is 11.3 Å². The third kappa shape index (κ3) is 4.08. The number of nitrogens with one attached hydrogen (secondary N) is 1. The smallest absolute Gasteiger partial charge is 0.280 e. The molecule has 0 spiro atoms. The van der Waals surface area contributed by atoms with Crippen LogP contribution in [0.5, 0.6) is 5.75 Å². The predicted octanol–water partition coefficient (Wildman–Crippen LogP) is 5.19. The van der Waals surface area contributed by atoms with Crippen LogP contribution >= 0.6 is 33.9 Å². The van der Waals surface area contributed by atoms with Crippen LogP contribution in [0.2, 0.25) is 0 Å². The number of thiophene rings is 1. The predicted molar refractivity (Wildman–Crippen MR) is 109 cm³/mol. The average molecular weight is 451 g/mol. The van der Waals surface area contributed by atoms with Crippen molar-refractivity contribution in [1.82, 2.24) is 5.32 Å². The second kappa shape index (κ2) is 7.98. The van der Waals surface area contributed by atoms with E-state index in [1.165, 1.54) is 26.1 Å². The summed E-state index contributed by atoms with van der Waals surface area (Å²) >= 11 is 3.60. The summed E-state index contributed by atoms with van der Waals surface area (Å²) in [6.07, 6.45) is 1.74. The molecule has 0 bridgehead atoms. The van der Waals surface area contributed by atoms with Crippen LogP contribution in [0.25, 0.3) is 10.1 Å². The van der Waals surface area contributed by atoms with Gasteiger partial charge < -0.3 is 10.1 Å². The molecule has 0 unspecified atom stereocenters. The Morgan fingerprint density at radius 2 is 2.00 bits per heavy atom. The minimum absolute atomic E-state index is 0.0191. The van der Waals surface area contributed by atoms with Crippen molar-refractivity contribution in [2.75, 3.05) is 13.7 Å². The number of benzene rings is 2. The summed E-state index contributed by atoms with van der Waals surface area (Å²) in [5.41, 5.74) is 2.61. The van der Waals surface area contributed by atoms with E-state index in [0.29, 0.717) is 6.54 Å². The van der Waals surface area contributed by atoms with E-state index in [0.717, 1.165) is 18.6 Å². The lowest BCUT2D eigenvalue weighted by Gasteiger charge is -2.06. The number of fused-ring (bicyclic) bond motifs is 1. The first kappa shape index (κ1) is 17.2. The van der Waals surface area contributed by atoms with Crippen molar-refractivity contribution < 1.29 is 9.53 Å². The number of carbonyl (C=O) groups excluding carboxylic acids is 1. The topological polar surface area (TPSA) is 38.3 Å². The van der Waals surface area contributed by atoms with Crippen molar-refractivity contribution in [1.29, 1.82) is 0 Å². The third-order valence-electron chi connectivity index (χ3n) is 3.93. The maximum Gasteiger partial charge on any atom is 0.280 e. The molecule has 0 atom stereocenters. The van der Waals surface area contributed by atoms with E-state index < -0.39 is 0 Å². The first-order chi connectivity index (χ1) is 11.7. The van der Waals surface area contributed by atoms with Crippen molar-refractivity contribution in [2.45, 2.75) is 12.8 Å². The fourth-order valence-electron chi connectivity index (χ4n) is 2.79. The summed E-state index contributed by atoms with van der Waals surface area (Å²) in [7, 11) is 1.69. The van der Waals surface area contributed by atoms with Gasteiger partial charge in [0.1, 0.15) is 5.75 Å². The molecule has 124 valence electrons. The Labute approximate surface area is 159 Å². The van der Waals surface area contributed by atoms with E-state index in [2.05, 4.69) is 41.7 Å². The maximum atomic E-state index is 11.2. The molecule has 1 N–H and O–H groups in total. The van der Waals surface area contributed by atoms with Gasteiger partial charge in [-0.2, -0.15) is 0 Å². The lowest BCUT2D eigenvalue weighted by molar-refractivity contribution is 0.263. The molecule has 3 nitrogen and oxygen atoms in total. The number of methoxy groups -OCH3 is 1. The van der Waals surface area contributed by atoms with Gasteiger partial charge in [0, 0.05) is 45.1 Å². The Balaban J connectivity index is 1.97. The van der Waals surface area contributed by atoms with Crippen molar-refractivity contribution in [3.63, 3.8) is 0 Å². The fraction of sp³-hybridized carbons (Fsp3) is 0.211. The summed E-state index contributed by atoms with van der Waals surface area (Å²) in [5, 5.41) is 4.12. The zero-order chi connectivity index (χ0) is 16.9. The third-order valence-corrected chi connectivity index (χ3v) is 5.52. The summed E-state index contributed by atoms with van der Waals surface area (Å²) < 4.78 is 6.62. The van der Waals surface area contributed by atoms with Gasteiger partial charge in [0.15, 0.2) is 0 Å². The van der Waals surface area contributed by atoms with Crippen LogP contribution in [0.15, 0.2) is 48.5 Å². The quantitative estimate of drug-likeness (QED) is 0.318. The molecule has 0 aliphatic rings. The van der Waals surface area contributed by atoms with Crippen LogP contribution in [-0.4, -0.2) is 17.6 Å². The summed E-state index contributed by atoms with van der Waals surface area (Å²) in [6.45, 7) is 0.645. The highest BCUT2D eigenvalue weighted by atomic mass is 127. The number of hydrogen-bond acceptors (Lipinski definition) is 3. The zero-order valence-corrected chi connectivity index (χ0v) is 16.3. The van der Waals surface area contributed by atoms with E-state index in [1.54, 1.807) is 29.7 Å². The van der Waals surface area contributed by atoms with E-state index in [1.807, 2.05) is 23.5 Å². The molecule has 0 aliphatic carbocycles. The Morgan fingerprint density at radius 1 is 1.21 bits per heavy atom. The molecule has 3 rings (SSSR count). The largest absolute Gasteiger partial charge is 0.497 e. The molecule has 0 fully saturated rings. The monoisotopic (exact) mass is 451 g/mol. The number of halogens is 1. The van der Waals surface area contributed by atoms with Crippen LogP contribution in [0.4, 0.5) is 4.79 Å². The molecule has 3 aromatic rings. The number of rotatable bonds is 6. The fourth-order valence-corrected chi connectivity index (χ4v) is 4.33. The Bertz CT molecular complexity index is 845. The van der Waals surface area contributed by atoms with E-state index in [-0.39, 0.29) is 3.91 Å². The number of hydrogen-bond donors (Lipinski definition) is 1. The molecule has 24 heavy (non-hydrogen) atoms. The van der Waals surface area contributed by atoms with Crippen LogP contribution in [-0.2, 0) is 12.8 Å². The standard InChI is InChI=1S/C19H18INO2S/c1-23-14-7-8-17-16(12-14)15(9-10-21-19(20)22)18(24-17)11-13-5-3-2-4-6-13/h2-8,12H,9-11H2,1H3,(H,21,22). The van der Waals surface area contributed by atoms with E-state index >= 15 is 0 Å². The SMILES string of the molecule is COc1ccc2sc(Cc3ccccc3)c(CCNC(=O)I)c2c1. The van der Waals surface area contributed by atoms with Gasteiger partial charge in [0.2, 0.25) is 0 Å². The number of carbonyl (C=O) groups is 1. The molecule has 0 saturated carbocycles. The first-order valence-corrected chi connectivity index (χ1v) is 9.62. The second-order valence-corrected chi connectivity index (χ2v) is 7.60. The highest BCUT2D eigenvalue weighted by molar-refractivity contribution is 14.1. The maximum absolute atomic E-state index is 11.2. The summed E-state index contributed by atoms with van der Waals surface area (Å²) in [6, 6.07) is 16.7. The van der Waals surface area contributed by atoms with Gasteiger partial charge in [-0.25, -0.2) is 0 Å². The highest BCUT2D eigenvalue weighted by Gasteiger charge is 2.13. The van der Waals surface area contributed by atoms with Crippen LogP contribution in [0.1, 0.15) is 16.0 Å². The van der Waals surface area contributed by atoms with Crippen molar-refractivity contribution in [2.24, 2.45) is 0 Å². The molecule has 1 amide bonds. The molecule has 1 heterocycles. The van der Waals surface area contributed by atoms with Crippen molar-refractivity contribution in [3.8, 4) is 5.75 Å². The summed E-state index contributed by atoms with van der Waals surface area (Å²) in [5.74, 6) is 0.866. The minimum Gasteiger partial charge on any atom is -0.497 e. The molecule has 0 aliphatic heterocycles. The number of amides is 1. The minimum atomic E-state index is -0.0191. The van der Waals surface area contributed by atoms with Gasteiger partial charge in [-0.05, 0) is 41.1 Å².